The van der Waals surface area contributed by atoms with Crippen LogP contribution in [0.15, 0.2) is 6.07 Å². The first-order valence-electron chi connectivity index (χ1n) is 6.34. The lowest BCUT2D eigenvalue weighted by molar-refractivity contribution is -0.132. The molecule has 1 aromatic heterocycles. The molecule has 0 saturated carbocycles. The Bertz CT molecular complexity index is 470. The summed E-state index contributed by atoms with van der Waals surface area (Å²) in [5.74, 6) is -0.266. The van der Waals surface area contributed by atoms with Crippen molar-refractivity contribution in [3.8, 4) is 0 Å². The van der Waals surface area contributed by atoms with E-state index in [1.165, 1.54) is 4.90 Å². The van der Waals surface area contributed by atoms with Crippen LogP contribution in [0.4, 0.5) is 0 Å². The third-order valence-electron chi connectivity index (χ3n) is 3.11. The minimum absolute atomic E-state index is 0. The highest BCUT2D eigenvalue weighted by Gasteiger charge is 2.21. The van der Waals surface area contributed by atoms with Gasteiger partial charge in [-0.1, -0.05) is 0 Å². The predicted molar refractivity (Wildman–Crippen MR) is 77.0 cm³/mol. The van der Waals surface area contributed by atoms with E-state index in [1.54, 1.807) is 18.0 Å². The Kier molecular flexibility index (Phi) is 5.97. The van der Waals surface area contributed by atoms with E-state index in [1.807, 2.05) is 6.92 Å². The van der Waals surface area contributed by atoms with Crippen molar-refractivity contribution < 1.29 is 9.59 Å². The maximum Gasteiger partial charge on any atom is 0.274 e. The number of halogens is 1. The number of hydrogen-bond acceptors (Lipinski definition) is 4. The first-order valence-corrected chi connectivity index (χ1v) is 6.34. The van der Waals surface area contributed by atoms with Gasteiger partial charge >= 0.3 is 0 Å². The summed E-state index contributed by atoms with van der Waals surface area (Å²) in [7, 11) is 1.62. The van der Waals surface area contributed by atoms with Crippen LogP contribution >= 0.6 is 12.4 Å². The molecule has 0 bridgehead atoms. The molecule has 0 unspecified atom stereocenters. The second-order valence-electron chi connectivity index (χ2n) is 4.73. The van der Waals surface area contributed by atoms with E-state index in [9.17, 15) is 9.59 Å². The number of carbonyl (C=O) groups is 2. The van der Waals surface area contributed by atoms with Crippen LogP contribution in [-0.4, -0.2) is 71.6 Å². The third kappa shape index (κ3) is 3.94. The second-order valence-corrected chi connectivity index (χ2v) is 4.73. The van der Waals surface area contributed by atoms with Crippen molar-refractivity contribution in [3.05, 3.63) is 17.5 Å². The van der Waals surface area contributed by atoms with Crippen LogP contribution < -0.4 is 5.32 Å². The van der Waals surface area contributed by atoms with Crippen LogP contribution in [0.1, 0.15) is 16.2 Å². The maximum absolute atomic E-state index is 12.0. The summed E-state index contributed by atoms with van der Waals surface area (Å²) in [5, 5.41) is 9.81. The topological polar surface area (TPSA) is 81.3 Å². The zero-order valence-electron chi connectivity index (χ0n) is 11.7. The fourth-order valence-corrected chi connectivity index (χ4v) is 2.01. The lowest BCUT2D eigenvalue weighted by atomic mass is 10.3. The molecule has 1 aromatic rings. The van der Waals surface area contributed by atoms with Crippen molar-refractivity contribution >= 4 is 24.2 Å². The molecule has 8 heteroatoms. The minimum atomic E-state index is -0.243. The summed E-state index contributed by atoms with van der Waals surface area (Å²) < 4.78 is 0. The quantitative estimate of drug-likeness (QED) is 0.799. The van der Waals surface area contributed by atoms with Gasteiger partial charge in [0.2, 0.25) is 5.91 Å². The molecule has 0 atom stereocenters. The summed E-state index contributed by atoms with van der Waals surface area (Å²) in [6, 6.07) is 1.67. The van der Waals surface area contributed by atoms with Gasteiger partial charge in [-0.3, -0.25) is 14.7 Å². The molecule has 2 rings (SSSR count). The second kappa shape index (κ2) is 7.25. The Balaban J connectivity index is 0.00000200. The molecule has 1 aliphatic rings. The average Bonchev–Trinajstić information content (AvgIpc) is 2.85. The van der Waals surface area contributed by atoms with Gasteiger partial charge in [-0.05, 0) is 13.0 Å². The lowest BCUT2D eigenvalue weighted by Crippen LogP contribution is -2.49. The zero-order valence-corrected chi connectivity index (χ0v) is 12.5. The summed E-state index contributed by atoms with van der Waals surface area (Å²) in [5.41, 5.74) is 1.17. The van der Waals surface area contributed by atoms with Crippen LogP contribution in [0, 0.1) is 6.92 Å². The highest BCUT2D eigenvalue weighted by atomic mass is 35.5. The van der Waals surface area contributed by atoms with Crippen molar-refractivity contribution in [1.82, 2.24) is 25.3 Å². The number of aryl methyl sites for hydroxylation is 1. The number of H-pyrrole nitrogens is 1. The van der Waals surface area contributed by atoms with Gasteiger partial charge in [0.1, 0.15) is 5.69 Å². The molecule has 2 N–H and O–H groups in total. The monoisotopic (exact) mass is 301 g/mol. The van der Waals surface area contributed by atoms with E-state index in [0.29, 0.717) is 18.8 Å². The smallest absolute Gasteiger partial charge is 0.274 e. The summed E-state index contributed by atoms with van der Waals surface area (Å²) in [4.78, 5) is 27.2. The Morgan fingerprint density at radius 2 is 2.05 bits per heavy atom. The van der Waals surface area contributed by atoms with Crippen LogP contribution in [-0.2, 0) is 4.79 Å². The molecule has 112 valence electrons. The molecule has 1 saturated heterocycles. The fourth-order valence-electron chi connectivity index (χ4n) is 2.01. The van der Waals surface area contributed by atoms with Gasteiger partial charge in [-0.25, -0.2) is 0 Å². The van der Waals surface area contributed by atoms with Gasteiger partial charge in [0.15, 0.2) is 0 Å². The predicted octanol–water partition coefficient (Wildman–Crippen LogP) is -0.356. The van der Waals surface area contributed by atoms with E-state index in [4.69, 9.17) is 0 Å². The third-order valence-corrected chi connectivity index (χ3v) is 3.11. The van der Waals surface area contributed by atoms with Crippen molar-refractivity contribution in [3.63, 3.8) is 0 Å². The van der Waals surface area contributed by atoms with E-state index in [2.05, 4.69) is 15.5 Å². The largest absolute Gasteiger partial charge is 0.339 e. The average molecular weight is 302 g/mol. The molecule has 2 amide bonds. The number of rotatable bonds is 3. The van der Waals surface area contributed by atoms with Crippen molar-refractivity contribution in [2.75, 3.05) is 39.8 Å². The number of aromatic nitrogens is 2. The summed E-state index contributed by atoms with van der Waals surface area (Å²) in [6.07, 6.45) is 0. The number of amides is 2. The van der Waals surface area contributed by atoms with Crippen LogP contribution in [0.5, 0.6) is 0 Å². The number of aromatic amines is 1. The van der Waals surface area contributed by atoms with E-state index in [-0.39, 0.29) is 30.8 Å². The first kappa shape index (κ1) is 16.5. The molecule has 1 fully saturated rings. The van der Waals surface area contributed by atoms with Crippen molar-refractivity contribution in [2.24, 2.45) is 0 Å². The Hall–Kier alpha value is -1.60. The van der Waals surface area contributed by atoms with Crippen LogP contribution in [0.3, 0.4) is 0 Å². The SMILES string of the molecule is Cc1cc(C(=O)N(C)CC(=O)N2CCNCC2)n[nH]1.Cl. The van der Waals surface area contributed by atoms with E-state index < -0.39 is 0 Å². The maximum atomic E-state index is 12.0. The number of likely N-dealkylation sites (N-methyl/N-ethyl adjacent to an activating group) is 1. The molecule has 1 aliphatic heterocycles. The van der Waals surface area contributed by atoms with Gasteiger partial charge in [-0.2, -0.15) is 5.10 Å². The highest BCUT2D eigenvalue weighted by molar-refractivity contribution is 5.94. The van der Waals surface area contributed by atoms with Crippen molar-refractivity contribution in [2.45, 2.75) is 6.92 Å². The minimum Gasteiger partial charge on any atom is -0.339 e. The van der Waals surface area contributed by atoms with Gasteiger partial charge < -0.3 is 15.1 Å². The number of piperazine rings is 1. The zero-order chi connectivity index (χ0) is 13.8. The Morgan fingerprint density at radius 3 is 2.60 bits per heavy atom. The Morgan fingerprint density at radius 1 is 1.40 bits per heavy atom. The van der Waals surface area contributed by atoms with Crippen LogP contribution in [0.25, 0.3) is 0 Å². The number of nitrogens with zero attached hydrogens (tertiary/aromatic N) is 3. The number of nitrogens with one attached hydrogen (secondary N) is 2. The molecular weight excluding hydrogens is 282 g/mol. The van der Waals surface area contributed by atoms with Gasteiger partial charge in [-0.15, -0.1) is 12.4 Å². The van der Waals surface area contributed by atoms with E-state index in [0.717, 1.165) is 18.8 Å². The fraction of sp³-hybridized carbons (Fsp3) is 0.583. The number of carbonyl (C=O) groups excluding carboxylic acids is 2. The summed E-state index contributed by atoms with van der Waals surface area (Å²) in [6.45, 7) is 4.93. The normalized spacial score (nSPS) is 14.6. The van der Waals surface area contributed by atoms with Gasteiger partial charge in [0.25, 0.3) is 5.91 Å². The van der Waals surface area contributed by atoms with E-state index >= 15 is 0 Å². The number of hydrogen-bond donors (Lipinski definition) is 2. The van der Waals surface area contributed by atoms with Gasteiger partial charge in [0, 0.05) is 38.9 Å². The molecule has 0 spiro atoms. The standard InChI is InChI=1S/C12H19N5O2.ClH/c1-9-7-10(15-14-9)12(19)16(2)8-11(18)17-5-3-13-4-6-17;/h7,13H,3-6,8H2,1-2H3,(H,14,15);1H. The van der Waals surface area contributed by atoms with Gasteiger partial charge in [0.05, 0.1) is 6.54 Å². The first-order chi connectivity index (χ1) is 9.08. The molecule has 0 aromatic carbocycles. The Labute approximate surface area is 124 Å². The van der Waals surface area contributed by atoms with Crippen molar-refractivity contribution in [1.29, 1.82) is 0 Å². The highest BCUT2D eigenvalue weighted by Crippen LogP contribution is 2.03. The lowest BCUT2D eigenvalue weighted by Gasteiger charge is -2.29. The molecule has 20 heavy (non-hydrogen) atoms. The molecular formula is C12H20ClN5O2. The molecule has 0 aliphatic carbocycles. The summed E-state index contributed by atoms with van der Waals surface area (Å²) >= 11 is 0. The molecule has 7 nitrogen and oxygen atoms in total. The molecule has 2 heterocycles. The molecule has 0 radical (unpaired) electrons. The van der Waals surface area contributed by atoms with Crippen LogP contribution in [0.2, 0.25) is 0 Å².